The maximum atomic E-state index is 13.0. The van der Waals surface area contributed by atoms with Crippen LogP contribution in [-0.2, 0) is 17.6 Å². The molecule has 2 heterocycles. The van der Waals surface area contributed by atoms with Crippen LogP contribution >= 0.6 is 0 Å². The van der Waals surface area contributed by atoms with E-state index in [1.165, 1.54) is 22.9 Å². The minimum absolute atomic E-state index is 0.267. The van der Waals surface area contributed by atoms with Crippen LogP contribution in [0.1, 0.15) is 34.5 Å². The molecule has 3 N–H and O–H groups in total. The zero-order valence-electron chi connectivity index (χ0n) is 19.1. The van der Waals surface area contributed by atoms with Crippen LogP contribution in [-0.4, -0.2) is 34.5 Å². The second-order valence-electron chi connectivity index (χ2n) is 8.13. The molecule has 0 fully saturated rings. The maximum absolute atomic E-state index is 13.0. The van der Waals surface area contributed by atoms with E-state index in [4.69, 9.17) is 0 Å². The topological polar surface area (TPSA) is 96.0 Å². The Morgan fingerprint density at radius 2 is 1.74 bits per heavy atom. The van der Waals surface area contributed by atoms with Crippen LogP contribution in [0.15, 0.2) is 83.9 Å². The number of likely N-dealkylation sites (N-methyl/N-ethyl adjacent to an activating group) is 1. The number of rotatable bonds is 9. The number of H-pyrrole nitrogens is 1. The summed E-state index contributed by atoms with van der Waals surface area (Å²) in [5.74, 6) is -0.553. The number of pyridine rings is 1. The summed E-state index contributed by atoms with van der Waals surface area (Å²) in [6, 6.07) is 19.8. The van der Waals surface area contributed by atoms with Crippen molar-refractivity contribution in [1.29, 1.82) is 0 Å². The van der Waals surface area contributed by atoms with E-state index in [1.54, 1.807) is 0 Å². The number of nitrogens with one attached hydrogen (secondary N) is 3. The van der Waals surface area contributed by atoms with E-state index in [2.05, 4.69) is 15.6 Å². The second-order valence-corrected chi connectivity index (χ2v) is 8.13. The summed E-state index contributed by atoms with van der Waals surface area (Å²) in [6.45, 7) is 2.74. The van der Waals surface area contributed by atoms with Gasteiger partial charge in [-0.2, -0.15) is 0 Å². The molecule has 34 heavy (non-hydrogen) atoms. The number of carbonyl (C=O) groups is 2. The molecule has 2 aromatic heterocycles. The van der Waals surface area contributed by atoms with Crippen LogP contribution in [0.5, 0.6) is 0 Å². The molecule has 4 rings (SSSR count). The molecule has 0 saturated carbocycles. The van der Waals surface area contributed by atoms with Gasteiger partial charge in [0, 0.05) is 48.9 Å². The van der Waals surface area contributed by atoms with E-state index in [1.807, 2.05) is 67.7 Å². The fraction of sp³-hybridized carbons (Fsp3) is 0.222. The SMILES string of the molecule is CCNC(=O)[C@H](Cc1c[nH]c2ccccc12)n1cc(C(=O)NCCc2ccccc2)ccc1=O. The number of fused-ring (bicyclic) bond motifs is 1. The minimum Gasteiger partial charge on any atom is -0.361 e. The van der Waals surface area contributed by atoms with Gasteiger partial charge in [-0.1, -0.05) is 48.5 Å². The largest absolute Gasteiger partial charge is 0.361 e. The fourth-order valence-electron chi connectivity index (χ4n) is 4.07. The Balaban J connectivity index is 1.57. The summed E-state index contributed by atoms with van der Waals surface area (Å²) in [4.78, 5) is 41.8. The Morgan fingerprint density at radius 1 is 0.971 bits per heavy atom. The molecule has 0 saturated heterocycles. The number of amides is 2. The highest BCUT2D eigenvalue weighted by Gasteiger charge is 2.24. The monoisotopic (exact) mass is 456 g/mol. The lowest BCUT2D eigenvalue weighted by atomic mass is 10.0. The molecule has 2 aromatic carbocycles. The fourth-order valence-corrected chi connectivity index (χ4v) is 4.07. The van der Waals surface area contributed by atoms with Gasteiger partial charge in [0.2, 0.25) is 5.91 Å². The van der Waals surface area contributed by atoms with Gasteiger partial charge < -0.3 is 20.2 Å². The Labute approximate surface area is 197 Å². The molecule has 7 heteroatoms. The molecule has 0 bridgehead atoms. The third kappa shape index (κ3) is 5.26. The van der Waals surface area contributed by atoms with Crippen molar-refractivity contribution >= 4 is 22.7 Å². The van der Waals surface area contributed by atoms with Crippen LogP contribution in [0.4, 0.5) is 0 Å². The number of aromatic nitrogens is 2. The van der Waals surface area contributed by atoms with Crippen LogP contribution in [0.2, 0.25) is 0 Å². The first kappa shape index (κ1) is 23.0. The summed E-state index contributed by atoms with van der Waals surface area (Å²) < 4.78 is 1.36. The van der Waals surface area contributed by atoms with E-state index >= 15 is 0 Å². The summed E-state index contributed by atoms with van der Waals surface area (Å²) >= 11 is 0. The normalized spacial score (nSPS) is 11.8. The average molecular weight is 457 g/mol. The lowest BCUT2D eigenvalue weighted by Gasteiger charge is -2.20. The van der Waals surface area contributed by atoms with E-state index in [0.717, 1.165) is 22.0 Å². The average Bonchev–Trinajstić information content (AvgIpc) is 3.26. The second kappa shape index (κ2) is 10.7. The zero-order chi connectivity index (χ0) is 23.9. The minimum atomic E-state index is -0.788. The van der Waals surface area contributed by atoms with Gasteiger partial charge >= 0.3 is 0 Å². The predicted molar refractivity (Wildman–Crippen MR) is 133 cm³/mol. The summed E-state index contributed by atoms with van der Waals surface area (Å²) in [5, 5.41) is 6.72. The summed E-state index contributed by atoms with van der Waals surface area (Å²) in [7, 11) is 0. The first-order valence-corrected chi connectivity index (χ1v) is 11.4. The van der Waals surface area contributed by atoms with E-state index in [-0.39, 0.29) is 17.4 Å². The van der Waals surface area contributed by atoms with Gasteiger partial charge in [-0.3, -0.25) is 14.4 Å². The van der Waals surface area contributed by atoms with Crippen LogP contribution < -0.4 is 16.2 Å². The van der Waals surface area contributed by atoms with Crippen molar-refractivity contribution in [1.82, 2.24) is 20.2 Å². The van der Waals surface area contributed by atoms with Crippen LogP contribution in [0.3, 0.4) is 0 Å². The molecule has 2 amide bonds. The Bertz CT molecular complexity index is 1340. The van der Waals surface area contributed by atoms with Gasteiger partial charge in [-0.15, -0.1) is 0 Å². The standard InChI is InChI=1S/C27H28N4O3/c1-2-28-27(34)24(16-21-17-30-23-11-7-6-10-22(21)23)31-18-20(12-13-25(31)32)26(33)29-15-14-19-8-4-3-5-9-19/h3-13,17-18,24,30H,2,14-16H2,1H3,(H,28,34)(H,29,33)/t24-/m0/s1. The van der Waals surface area contributed by atoms with Gasteiger partial charge in [-0.25, -0.2) is 0 Å². The Hall–Kier alpha value is -4.13. The van der Waals surface area contributed by atoms with Crippen LogP contribution in [0.25, 0.3) is 10.9 Å². The third-order valence-electron chi connectivity index (χ3n) is 5.82. The number of aromatic amines is 1. The van der Waals surface area contributed by atoms with E-state index < -0.39 is 6.04 Å². The molecular formula is C27H28N4O3. The molecule has 174 valence electrons. The zero-order valence-corrected chi connectivity index (χ0v) is 19.1. The number of benzene rings is 2. The molecular weight excluding hydrogens is 428 g/mol. The highest BCUT2D eigenvalue weighted by atomic mass is 16.2. The highest BCUT2D eigenvalue weighted by molar-refractivity contribution is 5.94. The van der Waals surface area contributed by atoms with Gasteiger partial charge in [-0.05, 0) is 36.6 Å². The Morgan fingerprint density at radius 3 is 2.53 bits per heavy atom. The third-order valence-corrected chi connectivity index (χ3v) is 5.82. The van der Waals surface area contributed by atoms with Crippen molar-refractivity contribution in [2.75, 3.05) is 13.1 Å². The molecule has 1 atom stereocenters. The number of para-hydroxylation sites is 1. The smallest absolute Gasteiger partial charge is 0.252 e. The number of hydrogen-bond donors (Lipinski definition) is 3. The molecule has 0 aliphatic carbocycles. The molecule has 0 radical (unpaired) electrons. The van der Waals surface area contributed by atoms with E-state index in [0.29, 0.717) is 31.5 Å². The van der Waals surface area contributed by atoms with Gasteiger partial charge in [0.05, 0.1) is 5.56 Å². The number of nitrogens with zero attached hydrogens (tertiary/aromatic N) is 1. The van der Waals surface area contributed by atoms with Gasteiger partial charge in [0.25, 0.3) is 11.5 Å². The van der Waals surface area contributed by atoms with Gasteiger partial charge in [0.1, 0.15) is 6.04 Å². The lowest BCUT2D eigenvalue weighted by molar-refractivity contribution is -0.124. The van der Waals surface area contributed by atoms with Crippen LogP contribution in [0, 0.1) is 0 Å². The molecule has 0 aliphatic heterocycles. The van der Waals surface area contributed by atoms with Crippen molar-refractivity contribution in [2.24, 2.45) is 0 Å². The van der Waals surface area contributed by atoms with Crippen molar-refractivity contribution in [3.05, 3.63) is 106 Å². The molecule has 4 aromatic rings. The highest BCUT2D eigenvalue weighted by Crippen LogP contribution is 2.23. The molecule has 0 unspecified atom stereocenters. The molecule has 0 aliphatic rings. The summed E-state index contributed by atoms with van der Waals surface area (Å²) in [5.41, 5.74) is 3.02. The van der Waals surface area contributed by atoms with Gasteiger partial charge in [0.15, 0.2) is 0 Å². The predicted octanol–water partition coefficient (Wildman–Crippen LogP) is 3.22. The molecule has 7 nitrogen and oxygen atoms in total. The number of hydrogen-bond acceptors (Lipinski definition) is 3. The Kier molecular flexibility index (Phi) is 7.22. The maximum Gasteiger partial charge on any atom is 0.252 e. The first-order valence-electron chi connectivity index (χ1n) is 11.4. The van der Waals surface area contributed by atoms with Crippen molar-refractivity contribution < 1.29 is 9.59 Å². The first-order chi connectivity index (χ1) is 16.6. The van der Waals surface area contributed by atoms with Crippen molar-refractivity contribution in [3.8, 4) is 0 Å². The van der Waals surface area contributed by atoms with E-state index in [9.17, 15) is 14.4 Å². The van der Waals surface area contributed by atoms with Crippen molar-refractivity contribution in [2.45, 2.75) is 25.8 Å². The lowest BCUT2D eigenvalue weighted by Crippen LogP contribution is -2.38. The number of carbonyl (C=O) groups excluding carboxylic acids is 2. The van der Waals surface area contributed by atoms with Crippen molar-refractivity contribution in [3.63, 3.8) is 0 Å². The molecule has 0 spiro atoms. The quantitative estimate of drug-likeness (QED) is 0.361. The summed E-state index contributed by atoms with van der Waals surface area (Å²) in [6.07, 6.45) is 4.36.